The number of hydrogen-bond donors (Lipinski definition) is 3. The van der Waals surface area contributed by atoms with Gasteiger partial charge in [0.05, 0.1) is 18.8 Å². The van der Waals surface area contributed by atoms with Crippen LogP contribution in [0.3, 0.4) is 0 Å². The van der Waals surface area contributed by atoms with Crippen LogP contribution in [0.4, 0.5) is 0 Å². The zero-order valence-electron chi connectivity index (χ0n) is 10.8. The number of nitrogens with two attached hydrogens (primary N) is 1. The van der Waals surface area contributed by atoms with Gasteiger partial charge in [-0.1, -0.05) is 5.16 Å². The van der Waals surface area contributed by atoms with Gasteiger partial charge in [-0.3, -0.25) is 4.79 Å². The molecule has 1 fully saturated rings. The highest BCUT2D eigenvalue weighted by Gasteiger charge is 2.26. The van der Waals surface area contributed by atoms with Crippen LogP contribution in [-0.2, 0) is 11.3 Å². The topological polar surface area (TPSA) is 106 Å². The Morgan fingerprint density at radius 2 is 2.45 bits per heavy atom. The van der Waals surface area contributed by atoms with Gasteiger partial charge in [0.25, 0.3) is 0 Å². The molecule has 106 valence electrons. The van der Waals surface area contributed by atoms with Crippen molar-refractivity contribution in [1.82, 2.24) is 15.8 Å². The highest BCUT2D eigenvalue weighted by Crippen LogP contribution is 2.20. The molecule has 0 radical (unpaired) electrons. The summed E-state index contributed by atoms with van der Waals surface area (Å²) in [7, 11) is 0. The summed E-state index contributed by atoms with van der Waals surface area (Å²) in [6.45, 7) is 0.987. The lowest BCUT2D eigenvalue weighted by molar-refractivity contribution is -0.123. The molecule has 0 bridgehead atoms. The van der Waals surface area contributed by atoms with Gasteiger partial charge in [-0.2, -0.15) is 0 Å². The number of nitrogens with zero attached hydrogens (tertiary/aromatic N) is 1. The fourth-order valence-corrected chi connectivity index (χ4v) is 2.19. The van der Waals surface area contributed by atoms with Crippen LogP contribution in [0, 0.1) is 0 Å². The Morgan fingerprint density at radius 3 is 3.15 bits per heavy atom. The zero-order valence-corrected chi connectivity index (χ0v) is 10.8. The first-order valence-electron chi connectivity index (χ1n) is 6.48. The Kier molecular flexibility index (Phi) is 3.53. The minimum absolute atomic E-state index is 0.0448. The third-order valence-electron chi connectivity index (χ3n) is 3.25. The summed E-state index contributed by atoms with van der Waals surface area (Å²) < 4.78 is 10.4. The number of hydrogen-bond acceptors (Lipinski definition) is 6. The average molecular weight is 276 g/mol. The number of aromatic nitrogens is 1. The maximum atomic E-state index is 11.9. The average Bonchev–Trinajstić information content (AvgIpc) is 3.16. The summed E-state index contributed by atoms with van der Waals surface area (Å²) in [5, 5.41) is 9.77. The van der Waals surface area contributed by atoms with Gasteiger partial charge in [0.1, 0.15) is 5.69 Å². The molecule has 0 aliphatic carbocycles. The van der Waals surface area contributed by atoms with E-state index in [1.54, 1.807) is 24.5 Å². The summed E-state index contributed by atoms with van der Waals surface area (Å²) in [4.78, 5) is 11.9. The number of amides is 1. The molecule has 7 nitrogen and oxygen atoms in total. The summed E-state index contributed by atoms with van der Waals surface area (Å²) in [5.74, 6) is 1.08. The molecule has 0 unspecified atom stereocenters. The molecule has 3 rings (SSSR count). The monoisotopic (exact) mass is 276 g/mol. The van der Waals surface area contributed by atoms with E-state index in [4.69, 9.17) is 14.7 Å². The van der Waals surface area contributed by atoms with Gasteiger partial charge in [0.15, 0.2) is 5.76 Å². The van der Waals surface area contributed by atoms with E-state index in [0.717, 1.165) is 0 Å². The quantitative estimate of drug-likeness (QED) is 0.738. The molecule has 4 N–H and O–H groups in total. The summed E-state index contributed by atoms with van der Waals surface area (Å²) >= 11 is 0. The van der Waals surface area contributed by atoms with Gasteiger partial charge in [-0.15, -0.1) is 0 Å². The van der Waals surface area contributed by atoms with E-state index >= 15 is 0 Å². The van der Waals surface area contributed by atoms with E-state index in [1.807, 2.05) is 0 Å². The van der Waals surface area contributed by atoms with Gasteiger partial charge in [-0.25, -0.2) is 0 Å². The molecule has 3 heterocycles. The molecular formula is C13H16N4O3. The van der Waals surface area contributed by atoms with Crippen molar-refractivity contribution in [3.63, 3.8) is 0 Å². The Hall–Kier alpha value is -2.12. The van der Waals surface area contributed by atoms with Crippen molar-refractivity contribution in [2.75, 3.05) is 6.54 Å². The molecule has 1 amide bonds. The van der Waals surface area contributed by atoms with Crippen LogP contribution in [-0.4, -0.2) is 29.7 Å². The molecule has 2 atom stereocenters. The standard InChI is InChI=1S/C13H16N4O3/c14-8-4-10(15-6-8)13(18)16-7-9-5-12(20-17-9)11-2-1-3-19-11/h1-3,5,8,10,15H,4,6-7,14H2,(H,16,18)/t8-,10+/m1/s1. The lowest BCUT2D eigenvalue weighted by atomic mass is 10.2. The molecule has 0 aromatic carbocycles. The second-order valence-electron chi connectivity index (χ2n) is 4.83. The zero-order chi connectivity index (χ0) is 13.9. The molecule has 7 heteroatoms. The number of carbonyl (C=O) groups excluding carboxylic acids is 1. The largest absolute Gasteiger partial charge is 0.461 e. The molecular weight excluding hydrogens is 260 g/mol. The first-order valence-corrected chi connectivity index (χ1v) is 6.48. The van der Waals surface area contributed by atoms with Crippen molar-refractivity contribution in [3.8, 4) is 11.5 Å². The minimum atomic E-state index is -0.221. The van der Waals surface area contributed by atoms with Crippen LogP contribution in [0.15, 0.2) is 33.4 Å². The Balaban J connectivity index is 1.55. The van der Waals surface area contributed by atoms with Crippen LogP contribution in [0.1, 0.15) is 12.1 Å². The number of carbonyl (C=O) groups is 1. The molecule has 20 heavy (non-hydrogen) atoms. The van der Waals surface area contributed by atoms with Crippen molar-refractivity contribution in [2.45, 2.75) is 25.0 Å². The molecule has 2 aromatic rings. The molecule has 2 aromatic heterocycles. The van der Waals surface area contributed by atoms with Gasteiger partial charge >= 0.3 is 0 Å². The summed E-state index contributed by atoms with van der Waals surface area (Å²) in [6.07, 6.45) is 2.22. The number of rotatable bonds is 4. The first-order chi connectivity index (χ1) is 9.72. The number of nitrogens with one attached hydrogen (secondary N) is 2. The van der Waals surface area contributed by atoms with Crippen LogP contribution < -0.4 is 16.4 Å². The van der Waals surface area contributed by atoms with Crippen LogP contribution in [0.5, 0.6) is 0 Å². The predicted molar refractivity (Wildman–Crippen MR) is 70.4 cm³/mol. The van der Waals surface area contributed by atoms with Crippen molar-refractivity contribution >= 4 is 5.91 Å². The van der Waals surface area contributed by atoms with Gasteiger partial charge < -0.3 is 25.3 Å². The van der Waals surface area contributed by atoms with Gasteiger partial charge in [-0.05, 0) is 18.6 Å². The second-order valence-corrected chi connectivity index (χ2v) is 4.83. The maximum absolute atomic E-state index is 11.9. The summed E-state index contributed by atoms with van der Waals surface area (Å²) in [5.41, 5.74) is 6.39. The van der Waals surface area contributed by atoms with Crippen molar-refractivity contribution in [3.05, 3.63) is 30.2 Å². The van der Waals surface area contributed by atoms with Crippen molar-refractivity contribution in [2.24, 2.45) is 5.73 Å². The molecule has 1 saturated heterocycles. The normalized spacial score (nSPS) is 22.1. The van der Waals surface area contributed by atoms with Crippen LogP contribution in [0.25, 0.3) is 11.5 Å². The Bertz CT molecular complexity index is 578. The third kappa shape index (κ3) is 2.73. The Labute approximate surface area is 115 Å². The van der Waals surface area contributed by atoms with E-state index in [9.17, 15) is 4.79 Å². The fourth-order valence-electron chi connectivity index (χ4n) is 2.19. The minimum Gasteiger partial charge on any atom is -0.461 e. The maximum Gasteiger partial charge on any atom is 0.237 e. The third-order valence-corrected chi connectivity index (χ3v) is 3.25. The molecule has 1 aliphatic rings. The van der Waals surface area contributed by atoms with E-state index in [-0.39, 0.29) is 18.0 Å². The van der Waals surface area contributed by atoms with Crippen LogP contribution in [0.2, 0.25) is 0 Å². The highest BCUT2D eigenvalue weighted by molar-refractivity contribution is 5.82. The van der Waals surface area contributed by atoms with Crippen molar-refractivity contribution < 1.29 is 13.7 Å². The molecule has 0 spiro atoms. The van der Waals surface area contributed by atoms with E-state index in [2.05, 4.69) is 15.8 Å². The smallest absolute Gasteiger partial charge is 0.237 e. The number of furan rings is 1. The Morgan fingerprint density at radius 1 is 1.55 bits per heavy atom. The van der Waals surface area contributed by atoms with Crippen molar-refractivity contribution in [1.29, 1.82) is 0 Å². The van der Waals surface area contributed by atoms with Gasteiger partial charge in [0.2, 0.25) is 11.7 Å². The SMILES string of the molecule is N[C@H]1CN[C@H](C(=O)NCc2cc(-c3ccco3)on2)C1. The van der Waals surface area contributed by atoms with Crippen LogP contribution >= 0.6 is 0 Å². The second kappa shape index (κ2) is 5.48. The molecule has 0 saturated carbocycles. The highest BCUT2D eigenvalue weighted by atomic mass is 16.5. The van der Waals surface area contributed by atoms with E-state index in [0.29, 0.717) is 36.7 Å². The lowest BCUT2D eigenvalue weighted by Crippen LogP contribution is -2.40. The van der Waals surface area contributed by atoms with Gasteiger partial charge in [0, 0.05) is 18.7 Å². The summed E-state index contributed by atoms with van der Waals surface area (Å²) in [6, 6.07) is 5.12. The van der Waals surface area contributed by atoms with E-state index in [1.165, 1.54) is 0 Å². The van der Waals surface area contributed by atoms with E-state index < -0.39 is 0 Å². The predicted octanol–water partition coefficient (Wildman–Crippen LogP) is 0.240. The fraction of sp³-hybridized carbons (Fsp3) is 0.385. The first kappa shape index (κ1) is 12.9. The lowest BCUT2D eigenvalue weighted by Gasteiger charge is -2.09. The molecule has 1 aliphatic heterocycles.